The number of hydrogen-bond acceptors (Lipinski definition) is 2. The lowest BCUT2D eigenvalue weighted by Gasteiger charge is -1.99. The minimum Gasteiger partial charge on any atom is -0.381 e. The van der Waals surface area contributed by atoms with Crippen LogP contribution >= 0.6 is 0 Å². The van der Waals surface area contributed by atoms with E-state index < -0.39 is 0 Å². The second kappa shape index (κ2) is 4.92. The van der Waals surface area contributed by atoms with Crippen molar-refractivity contribution in [3.05, 3.63) is 0 Å². The van der Waals surface area contributed by atoms with Crippen LogP contribution in [0.15, 0.2) is 0 Å². The van der Waals surface area contributed by atoms with Crippen LogP contribution in [-0.4, -0.2) is 30.8 Å². The van der Waals surface area contributed by atoms with Gasteiger partial charge in [0.15, 0.2) is 0 Å². The molecule has 2 heteroatoms. The van der Waals surface area contributed by atoms with E-state index in [1.807, 2.05) is 0 Å². The molecule has 0 aliphatic rings. The number of hydrogen-bond donors (Lipinski definition) is 1. The summed E-state index contributed by atoms with van der Waals surface area (Å²) in [6, 6.07) is 0. The second-order valence-corrected chi connectivity index (χ2v) is 1.22. The fourth-order valence-corrected chi connectivity index (χ4v) is 0. The first-order chi connectivity index (χ1) is 2.27. The molecule has 1 N–H and O–H groups in total. The van der Waals surface area contributed by atoms with Gasteiger partial charge in [-0.25, -0.2) is 0 Å². The summed E-state index contributed by atoms with van der Waals surface area (Å²) in [6.45, 7) is 0.139. The Hall–Kier alpha value is -0.0800. The lowest BCUT2D eigenvalue weighted by Crippen LogP contribution is -2.11. The predicted molar refractivity (Wildman–Crippen MR) is 27.5 cm³/mol. The third kappa shape index (κ3) is 9.07. The maximum absolute atomic E-state index is 8.07. The summed E-state index contributed by atoms with van der Waals surface area (Å²) in [7, 11) is 3.61. The first-order valence-electron chi connectivity index (χ1n) is 1.53. The highest BCUT2D eigenvalue weighted by Gasteiger charge is 1.73. The monoisotopic (exact) mass is 91.1 g/mol. The molecule has 6 heavy (non-hydrogen) atoms. The third-order valence-corrected chi connectivity index (χ3v) is 0.283. The molecule has 0 spiro atoms. The van der Waals surface area contributed by atoms with Crippen LogP contribution in [0.1, 0.15) is 7.43 Å². The number of rotatable bonds is 1. The largest absolute Gasteiger partial charge is 0.381 e. The Kier molecular flexibility index (Phi) is 7.65. The molecule has 0 unspecified atom stereocenters. The van der Waals surface area contributed by atoms with Crippen LogP contribution in [0.5, 0.6) is 0 Å². The minimum absolute atomic E-state index is 0. The van der Waals surface area contributed by atoms with Crippen molar-refractivity contribution >= 4 is 0 Å². The fraction of sp³-hybridized carbons (Fsp3) is 1.00. The SMILES string of the molecule is C.CN(C)CO. The van der Waals surface area contributed by atoms with Gasteiger partial charge in [0.1, 0.15) is 0 Å². The molecule has 0 amide bonds. The Balaban J connectivity index is 0. The third-order valence-electron chi connectivity index (χ3n) is 0.283. The van der Waals surface area contributed by atoms with Crippen LogP contribution in [0.3, 0.4) is 0 Å². The Bertz CT molecular complexity index is 21.5. The molecule has 2 nitrogen and oxygen atoms in total. The molecule has 0 rings (SSSR count). The first kappa shape index (κ1) is 9.33. The van der Waals surface area contributed by atoms with Crippen molar-refractivity contribution in [2.75, 3.05) is 20.8 Å². The maximum atomic E-state index is 8.07. The molecule has 0 radical (unpaired) electrons. The maximum Gasteiger partial charge on any atom is 0.0951 e. The van der Waals surface area contributed by atoms with Gasteiger partial charge < -0.3 is 5.11 Å². The summed E-state index contributed by atoms with van der Waals surface area (Å²) in [5.74, 6) is 0. The van der Waals surface area contributed by atoms with Crippen LogP contribution in [0.2, 0.25) is 0 Å². The zero-order valence-electron chi connectivity index (χ0n) is 3.60. The van der Waals surface area contributed by atoms with Crippen LogP contribution < -0.4 is 0 Å². The van der Waals surface area contributed by atoms with E-state index >= 15 is 0 Å². The molecular formula is C4H13NO. The van der Waals surface area contributed by atoms with E-state index in [9.17, 15) is 0 Å². The van der Waals surface area contributed by atoms with E-state index in [0.29, 0.717) is 0 Å². The van der Waals surface area contributed by atoms with Gasteiger partial charge in [0.25, 0.3) is 0 Å². The molecule has 0 heterocycles. The van der Waals surface area contributed by atoms with Crippen LogP contribution in [0.4, 0.5) is 0 Å². The average Bonchev–Trinajstić information content (AvgIpc) is 1.38. The summed E-state index contributed by atoms with van der Waals surface area (Å²) in [5, 5.41) is 8.07. The van der Waals surface area contributed by atoms with E-state index in [2.05, 4.69) is 0 Å². The van der Waals surface area contributed by atoms with Crippen molar-refractivity contribution in [3.63, 3.8) is 0 Å². The van der Waals surface area contributed by atoms with Crippen LogP contribution in [0.25, 0.3) is 0 Å². The molecule has 0 aromatic rings. The lowest BCUT2D eigenvalue weighted by atomic mass is 11.0. The average molecular weight is 91.2 g/mol. The zero-order chi connectivity index (χ0) is 4.28. The normalized spacial score (nSPS) is 8.00. The van der Waals surface area contributed by atoms with Gasteiger partial charge in [-0.15, -0.1) is 0 Å². The smallest absolute Gasteiger partial charge is 0.0951 e. The fourth-order valence-electron chi connectivity index (χ4n) is 0. The van der Waals surface area contributed by atoms with Crippen molar-refractivity contribution in [2.45, 2.75) is 7.43 Å². The van der Waals surface area contributed by atoms with E-state index in [1.165, 1.54) is 0 Å². The highest BCUT2D eigenvalue weighted by atomic mass is 16.3. The van der Waals surface area contributed by atoms with E-state index in [1.54, 1.807) is 19.0 Å². The van der Waals surface area contributed by atoms with Crippen molar-refractivity contribution in [1.29, 1.82) is 0 Å². The van der Waals surface area contributed by atoms with Gasteiger partial charge in [-0.2, -0.15) is 0 Å². The lowest BCUT2D eigenvalue weighted by molar-refractivity contribution is 0.157. The number of nitrogens with zero attached hydrogens (tertiary/aromatic N) is 1. The van der Waals surface area contributed by atoms with Crippen LogP contribution in [-0.2, 0) is 0 Å². The van der Waals surface area contributed by atoms with E-state index in [0.717, 1.165) is 0 Å². The van der Waals surface area contributed by atoms with Gasteiger partial charge in [-0.05, 0) is 14.1 Å². The van der Waals surface area contributed by atoms with Crippen molar-refractivity contribution in [3.8, 4) is 0 Å². The van der Waals surface area contributed by atoms with Gasteiger partial charge >= 0.3 is 0 Å². The van der Waals surface area contributed by atoms with Gasteiger partial charge in [0, 0.05) is 0 Å². The van der Waals surface area contributed by atoms with Gasteiger partial charge in [-0.1, -0.05) is 7.43 Å². The Morgan fingerprint density at radius 3 is 1.67 bits per heavy atom. The summed E-state index contributed by atoms with van der Waals surface area (Å²) in [5.41, 5.74) is 0. The second-order valence-electron chi connectivity index (χ2n) is 1.22. The number of aliphatic hydroxyl groups excluding tert-OH is 1. The molecule has 0 bridgehead atoms. The molecule has 40 valence electrons. The minimum atomic E-state index is 0. The van der Waals surface area contributed by atoms with Crippen molar-refractivity contribution in [2.24, 2.45) is 0 Å². The molecule has 0 aliphatic carbocycles. The van der Waals surface area contributed by atoms with Crippen molar-refractivity contribution < 1.29 is 5.11 Å². The standard InChI is InChI=1S/C3H9NO.CH4/c1-4(2)3-5;/h5H,3H2,1-2H3;1H4. The molecule has 0 aliphatic heterocycles. The number of aliphatic hydroxyl groups is 1. The molecule has 0 atom stereocenters. The van der Waals surface area contributed by atoms with Crippen LogP contribution in [0, 0.1) is 0 Å². The summed E-state index contributed by atoms with van der Waals surface area (Å²) in [6.07, 6.45) is 0. The first-order valence-corrected chi connectivity index (χ1v) is 1.53. The van der Waals surface area contributed by atoms with E-state index in [-0.39, 0.29) is 14.2 Å². The zero-order valence-corrected chi connectivity index (χ0v) is 3.60. The van der Waals surface area contributed by atoms with Gasteiger partial charge in [-0.3, -0.25) is 4.90 Å². The molecule has 0 fully saturated rings. The molecular weight excluding hydrogens is 78.0 g/mol. The highest BCUT2D eigenvalue weighted by molar-refractivity contribution is 4.16. The Morgan fingerprint density at radius 1 is 1.50 bits per heavy atom. The molecule has 0 aromatic carbocycles. The summed E-state index contributed by atoms with van der Waals surface area (Å²) < 4.78 is 0. The molecule has 0 aromatic heterocycles. The molecule has 0 saturated heterocycles. The predicted octanol–water partition coefficient (Wildman–Crippen LogP) is 0.134. The molecule has 0 saturated carbocycles. The summed E-state index contributed by atoms with van der Waals surface area (Å²) in [4.78, 5) is 1.68. The van der Waals surface area contributed by atoms with Gasteiger partial charge in [0.05, 0.1) is 6.73 Å². The van der Waals surface area contributed by atoms with Gasteiger partial charge in [0.2, 0.25) is 0 Å². The van der Waals surface area contributed by atoms with E-state index in [4.69, 9.17) is 5.11 Å². The highest BCUT2D eigenvalue weighted by Crippen LogP contribution is 1.59. The summed E-state index contributed by atoms with van der Waals surface area (Å²) >= 11 is 0. The van der Waals surface area contributed by atoms with Crippen molar-refractivity contribution in [1.82, 2.24) is 4.90 Å². The Morgan fingerprint density at radius 2 is 1.67 bits per heavy atom. The Labute approximate surface area is 39.4 Å². The topological polar surface area (TPSA) is 23.5 Å². The quantitative estimate of drug-likeness (QED) is 0.464.